The van der Waals surface area contributed by atoms with Crippen molar-refractivity contribution in [2.45, 2.75) is 43.9 Å². The molecule has 4 rings (SSSR count). The van der Waals surface area contributed by atoms with Gasteiger partial charge in [-0.15, -0.1) is 0 Å². The number of fused-ring (bicyclic) bond motifs is 2. The van der Waals surface area contributed by atoms with E-state index in [2.05, 4.69) is 5.32 Å². The lowest BCUT2D eigenvalue weighted by molar-refractivity contribution is -0.125. The fraction of sp³-hybridized carbons (Fsp3) is 0.333. The second kappa shape index (κ2) is 7.15. The number of likely N-dealkylation sites (N-methyl/N-ethyl adjacent to an activating group) is 1. The summed E-state index contributed by atoms with van der Waals surface area (Å²) in [7, 11) is -2.70. The van der Waals surface area contributed by atoms with Crippen LogP contribution in [-0.4, -0.2) is 31.6 Å². The van der Waals surface area contributed by atoms with Gasteiger partial charge in [0.15, 0.2) is 0 Å². The maximum atomic E-state index is 13.3. The van der Waals surface area contributed by atoms with Crippen LogP contribution in [0.4, 0.5) is 5.69 Å². The highest BCUT2D eigenvalue weighted by Crippen LogP contribution is 2.36. The Kier molecular flexibility index (Phi) is 4.91. The van der Waals surface area contributed by atoms with Crippen LogP contribution in [0, 0.1) is 6.92 Å². The number of sulfonamides is 1. The van der Waals surface area contributed by atoms with E-state index in [1.165, 1.54) is 7.05 Å². The van der Waals surface area contributed by atoms with E-state index in [0.717, 1.165) is 33.8 Å². The van der Waals surface area contributed by atoms with Crippen LogP contribution in [0.3, 0.4) is 0 Å². The molecule has 1 heterocycles. The van der Waals surface area contributed by atoms with Gasteiger partial charge in [0, 0.05) is 23.3 Å². The number of rotatable bonds is 2. The number of nitrogens with zero attached hydrogens (tertiary/aromatic N) is 1. The quantitative estimate of drug-likeness (QED) is 0.787. The summed E-state index contributed by atoms with van der Waals surface area (Å²) in [4.78, 5) is 25.7. The summed E-state index contributed by atoms with van der Waals surface area (Å²) < 4.78 is 26.5. The average molecular weight is 433 g/mol. The summed E-state index contributed by atoms with van der Waals surface area (Å²) in [5.41, 5.74) is 3.74. The Bertz CT molecular complexity index is 1160. The fourth-order valence-electron chi connectivity index (χ4n) is 4.01. The van der Waals surface area contributed by atoms with E-state index in [4.69, 9.17) is 11.6 Å². The van der Waals surface area contributed by atoms with Crippen LogP contribution in [0.1, 0.15) is 45.5 Å². The number of aryl methyl sites for hydroxylation is 2. The molecular formula is C21H21ClN2O4S. The number of nitrogens with one attached hydrogen (secondary N) is 1. The van der Waals surface area contributed by atoms with Crippen LogP contribution >= 0.6 is 11.6 Å². The van der Waals surface area contributed by atoms with Crippen molar-refractivity contribution >= 4 is 39.1 Å². The van der Waals surface area contributed by atoms with Crippen molar-refractivity contribution in [2.75, 3.05) is 12.4 Å². The lowest BCUT2D eigenvalue weighted by Gasteiger charge is -2.30. The average Bonchev–Trinajstić information content (AvgIpc) is 2.68. The van der Waals surface area contributed by atoms with Gasteiger partial charge < -0.3 is 5.32 Å². The number of halogens is 1. The number of carbonyl (C=O) groups is 2. The van der Waals surface area contributed by atoms with Crippen molar-refractivity contribution in [1.29, 1.82) is 0 Å². The highest BCUT2D eigenvalue weighted by Gasteiger charge is 2.38. The van der Waals surface area contributed by atoms with Gasteiger partial charge in [0.25, 0.3) is 15.9 Å². The largest absolute Gasteiger partial charge is 0.322 e. The molecule has 0 atom stereocenters. The molecule has 2 aromatic carbocycles. The first-order chi connectivity index (χ1) is 13.7. The Hall–Kier alpha value is -2.38. The summed E-state index contributed by atoms with van der Waals surface area (Å²) in [5, 5.41) is 3.36. The van der Waals surface area contributed by atoms with Crippen molar-refractivity contribution < 1.29 is 18.0 Å². The molecular weight excluding hydrogens is 412 g/mol. The topological polar surface area (TPSA) is 83.6 Å². The zero-order valence-corrected chi connectivity index (χ0v) is 17.8. The first kappa shape index (κ1) is 19.9. The predicted octanol–water partition coefficient (Wildman–Crippen LogP) is 3.48. The molecule has 2 aromatic rings. The monoisotopic (exact) mass is 432 g/mol. The van der Waals surface area contributed by atoms with Gasteiger partial charge in [-0.05, 0) is 73.1 Å². The molecule has 6 nitrogen and oxygen atoms in total. The molecule has 1 aliphatic heterocycles. The third-order valence-electron chi connectivity index (χ3n) is 5.69. The van der Waals surface area contributed by atoms with Gasteiger partial charge in [0.05, 0.1) is 11.3 Å². The molecule has 2 aliphatic rings. The van der Waals surface area contributed by atoms with Crippen LogP contribution in [0.15, 0.2) is 29.2 Å². The van der Waals surface area contributed by atoms with E-state index in [1.807, 2.05) is 6.92 Å². The molecule has 0 fully saturated rings. The van der Waals surface area contributed by atoms with Crippen molar-refractivity contribution in [3.05, 3.63) is 57.1 Å². The smallest absolute Gasteiger partial charge is 0.266 e. The molecule has 0 bridgehead atoms. The van der Waals surface area contributed by atoms with Gasteiger partial charge in [-0.25, -0.2) is 12.7 Å². The molecule has 0 spiro atoms. The Labute approximate surface area is 174 Å². The van der Waals surface area contributed by atoms with Crippen molar-refractivity contribution in [1.82, 2.24) is 4.31 Å². The summed E-state index contributed by atoms with van der Waals surface area (Å²) in [5.74, 6) is -0.951. The lowest BCUT2D eigenvalue weighted by Crippen LogP contribution is -2.40. The molecule has 0 aromatic heterocycles. The zero-order chi connectivity index (χ0) is 20.9. The number of carbonyl (C=O) groups excluding carboxylic acids is 2. The van der Waals surface area contributed by atoms with Gasteiger partial charge in [-0.3, -0.25) is 9.59 Å². The summed E-state index contributed by atoms with van der Waals surface area (Å²) in [6, 6.07) is 6.86. The summed E-state index contributed by atoms with van der Waals surface area (Å²) >= 11 is 6.17. The molecule has 0 saturated heterocycles. The normalized spacial score (nSPS) is 17.5. The van der Waals surface area contributed by atoms with Gasteiger partial charge in [0.2, 0.25) is 5.91 Å². The fourth-order valence-corrected chi connectivity index (χ4v) is 5.60. The van der Waals surface area contributed by atoms with Gasteiger partial charge >= 0.3 is 0 Å². The summed E-state index contributed by atoms with van der Waals surface area (Å²) in [6.07, 6.45) is 3.14. The predicted molar refractivity (Wildman–Crippen MR) is 111 cm³/mol. The Balaban J connectivity index is 1.88. The van der Waals surface area contributed by atoms with Crippen LogP contribution < -0.4 is 5.32 Å². The van der Waals surface area contributed by atoms with Crippen LogP contribution in [0.5, 0.6) is 0 Å². The molecule has 0 radical (unpaired) electrons. The minimum absolute atomic E-state index is 0.0624. The maximum absolute atomic E-state index is 13.3. The Morgan fingerprint density at radius 3 is 2.59 bits per heavy atom. The van der Waals surface area contributed by atoms with Crippen LogP contribution in [0.25, 0.3) is 0 Å². The molecule has 8 heteroatoms. The lowest BCUT2D eigenvalue weighted by atomic mass is 9.84. The van der Waals surface area contributed by atoms with Crippen LogP contribution in [0.2, 0.25) is 5.02 Å². The molecule has 0 unspecified atom stereocenters. The third kappa shape index (κ3) is 3.32. The zero-order valence-electron chi connectivity index (χ0n) is 16.2. The maximum Gasteiger partial charge on any atom is 0.266 e. The van der Waals surface area contributed by atoms with Crippen molar-refractivity contribution in [3.63, 3.8) is 0 Å². The van der Waals surface area contributed by atoms with Crippen LogP contribution in [-0.2, 0) is 34.1 Å². The minimum atomic E-state index is -3.96. The van der Waals surface area contributed by atoms with Gasteiger partial charge in [0.1, 0.15) is 0 Å². The molecule has 2 amide bonds. The van der Waals surface area contributed by atoms with Gasteiger partial charge in [-0.2, -0.15) is 0 Å². The highest BCUT2D eigenvalue weighted by atomic mass is 35.5. The van der Waals surface area contributed by atoms with E-state index >= 15 is 0 Å². The number of hydrogen-bond donors (Lipinski definition) is 1. The number of amides is 2. The van der Waals surface area contributed by atoms with E-state index in [0.29, 0.717) is 34.7 Å². The van der Waals surface area contributed by atoms with Crippen molar-refractivity contribution in [3.8, 4) is 0 Å². The molecule has 0 saturated carbocycles. The molecule has 152 valence electrons. The van der Waals surface area contributed by atoms with Crippen molar-refractivity contribution in [2.24, 2.45) is 0 Å². The third-order valence-corrected chi connectivity index (χ3v) is 7.94. The molecule has 1 N–H and O–H groups in total. The number of hydrogen-bond acceptors (Lipinski definition) is 4. The molecule has 29 heavy (non-hydrogen) atoms. The van der Waals surface area contributed by atoms with E-state index in [1.54, 1.807) is 24.3 Å². The Morgan fingerprint density at radius 1 is 1.14 bits per heavy atom. The molecule has 1 aliphatic carbocycles. The SMILES string of the molecule is Cc1ccc(NC(=O)c2c3c(cc4c2CC(=O)N(C)S4(=O)=O)CCCC3)cc1Cl. The van der Waals surface area contributed by atoms with E-state index < -0.39 is 21.8 Å². The van der Waals surface area contributed by atoms with E-state index in [9.17, 15) is 18.0 Å². The number of benzene rings is 2. The second-order valence-corrected chi connectivity index (χ2v) is 9.88. The minimum Gasteiger partial charge on any atom is -0.322 e. The standard InChI is InChI=1S/C21H21ClN2O4S/c1-12-7-8-14(10-17(12)22)23-21(26)20-15-6-4-3-5-13(15)9-18-16(20)11-19(25)24(2)29(18,27)28/h7-10H,3-6,11H2,1-2H3,(H,23,26). The highest BCUT2D eigenvalue weighted by molar-refractivity contribution is 7.89. The first-order valence-corrected chi connectivity index (χ1v) is 11.3. The van der Waals surface area contributed by atoms with E-state index in [-0.39, 0.29) is 11.3 Å². The van der Waals surface area contributed by atoms with Gasteiger partial charge in [-0.1, -0.05) is 17.7 Å². The second-order valence-electron chi connectivity index (χ2n) is 7.53. The first-order valence-electron chi connectivity index (χ1n) is 9.47. The number of anilines is 1. The summed E-state index contributed by atoms with van der Waals surface area (Å²) in [6.45, 7) is 1.87. The Morgan fingerprint density at radius 2 is 1.86 bits per heavy atom.